The zero-order valence-corrected chi connectivity index (χ0v) is 17.7. The van der Waals surface area contributed by atoms with E-state index in [1.807, 2.05) is 0 Å². The van der Waals surface area contributed by atoms with Crippen LogP contribution in [0.15, 0.2) is 0 Å². The van der Waals surface area contributed by atoms with Crippen molar-refractivity contribution in [1.29, 1.82) is 0 Å². The van der Waals surface area contributed by atoms with Crippen LogP contribution in [0.25, 0.3) is 0 Å². The first kappa shape index (κ1) is 22.9. The molecule has 0 bridgehead atoms. The van der Waals surface area contributed by atoms with Gasteiger partial charge < -0.3 is 14.2 Å². The molecule has 2 aliphatic rings. The molecule has 0 amide bonds. The van der Waals surface area contributed by atoms with Crippen molar-refractivity contribution in [2.75, 3.05) is 25.4 Å². The quantitative estimate of drug-likeness (QED) is 0.393. The highest BCUT2D eigenvalue weighted by Crippen LogP contribution is 2.40. The van der Waals surface area contributed by atoms with Crippen LogP contribution >= 0.6 is 0 Å². The zero-order chi connectivity index (χ0) is 20.8. The van der Waals surface area contributed by atoms with Crippen molar-refractivity contribution >= 4 is 30.4 Å². The molecule has 0 saturated carbocycles. The summed E-state index contributed by atoms with van der Waals surface area (Å²) in [7, 11) is -12.0. The van der Waals surface area contributed by atoms with Gasteiger partial charge in [0.05, 0.1) is 25.4 Å². The summed E-state index contributed by atoms with van der Waals surface area (Å²) in [4.78, 5) is 0. The number of rotatable bonds is 8. The predicted octanol–water partition coefficient (Wildman–Crippen LogP) is -1.47. The number of hydrogen-bond acceptors (Lipinski definition) is 12. The zero-order valence-electron chi connectivity index (χ0n) is 15.2. The first-order valence-electron chi connectivity index (χ1n) is 7.58. The van der Waals surface area contributed by atoms with E-state index in [2.05, 4.69) is 4.18 Å². The third-order valence-corrected chi connectivity index (χ3v) is 5.16. The SMILES string of the molecule is CC1(C)OC2OC([C@@H](COS(C)(=O)=O)OS(C)(=O)=O)[C@H](OS(C)(=O)=O)C2O1. The van der Waals surface area contributed by atoms with E-state index in [1.54, 1.807) is 13.8 Å². The van der Waals surface area contributed by atoms with Crippen LogP contribution in [0.3, 0.4) is 0 Å². The van der Waals surface area contributed by atoms with E-state index < -0.39 is 73.5 Å². The van der Waals surface area contributed by atoms with E-state index >= 15 is 0 Å². The van der Waals surface area contributed by atoms with Crippen molar-refractivity contribution in [2.45, 2.75) is 50.3 Å². The van der Waals surface area contributed by atoms with Gasteiger partial charge in [0.2, 0.25) is 0 Å². The average molecular weight is 454 g/mol. The van der Waals surface area contributed by atoms with Crippen LogP contribution in [0.4, 0.5) is 0 Å². The molecule has 0 aliphatic carbocycles. The summed E-state index contributed by atoms with van der Waals surface area (Å²) in [5.41, 5.74) is 0. The Balaban J connectivity index is 2.33. The van der Waals surface area contributed by atoms with Crippen LogP contribution < -0.4 is 0 Å². The summed E-state index contributed by atoms with van der Waals surface area (Å²) in [5.74, 6) is -1.10. The van der Waals surface area contributed by atoms with Gasteiger partial charge in [0.25, 0.3) is 30.4 Å². The molecule has 2 saturated heterocycles. The highest BCUT2D eigenvalue weighted by Gasteiger charge is 2.59. The topological polar surface area (TPSA) is 158 Å². The lowest BCUT2D eigenvalue weighted by Crippen LogP contribution is -2.47. The molecule has 0 aromatic rings. The van der Waals surface area contributed by atoms with E-state index in [0.717, 1.165) is 18.8 Å². The Hall–Kier alpha value is -0.390. The Morgan fingerprint density at radius 2 is 1.52 bits per heavy atom. The van der Waals surface area contributed by atoms with Gasteiger partial charge in [0, 0.05) is 0 Å². The molecule has 15 heteroatoms. The van der Waals surface area contributed by atoms with Gasteiger partial charge in [-0.05, 0) is 13.8 Å². The summed E-state index contributed by atoms with van der Waals surface area (Å²) in [6.07, 6.45) is -4.10. The molecule has 0 aromatic carbocycles. The molecule has 12 nitrogen and oxygen atoms in total. The monoisotopic (exact) mass is 454 g/mol. The first-order valence-corrected chi connectivity index (χ1v) is 13.0. The largest absolute Gasteiger partial charge is 0.341 e. The molecule has 2 rings (SSSR count). The highest BCUT2D eigenvalue weighted by molar-refractivity contribution is 7.86. The second kappa shape index (κ2) is 7.46. The molecule has 0 N–H and O–H groups in total. The Morgan fingerprint density at radius 3 is 2.00 bits per heavy atom. The number of hydrogen-bond donors (Lipinski definition) is 0. The van der Waals surface area contributed by atoms with Crippen LogP contribution in [-0.4, -0.2) is 87.1 Å². The maximum Gasteiger partial charge on any atom is 0.264 e. The lowest BCUT2D eigenvalue weighted by atomic mass is 10.1. The second-order valence-electron chi connectivity index (χ2n) is 6.66. The normalized spacial score (nSPS) is 32.3. The first-order chi connectivity index (χ1) is 12.0. The highest BCUT2D eigenvalue weighted by atomic mass is 32.2. The second-order valence-corrected chi connectivity index (χ2v) is 11.5. The molecule has 2 fully saturated rings. The molecule has 160 valence electrons. The standard InChI is InChI=1S/C12H22O12S3/c1-12(2)21-10-9(24-27(5,17)18)8(20-11(10)22-12)7(23-26(4,15)16)6-19-25(3,13)14/h7-11H,6H2,1-5H3/t7-,8?,9+,10?,11?/m1/s1. The molecule has 2 aliphatic heterocycles. The van der Waals surface area contributed by atoms with Gasteiger partial charge in [-0.3, -0.25) is 12.5 Å². The third-order valence-electron chi connectivity index (χ3n) is 3.42. The maximum atomic E-state index is 11.6. The van der Waals surface area contributed by atoms with Crippen molar-refractivity contribution in [3.8, 4) is 0 Å². The van der Waals surface area contributed by atoms with Crippen LogP contribution in [0.2, 0.25) is 0 Å². The molecule has 0 spiro atoms. The van der Waals surface area contributed by atoms with Crippen LogP contribution in [0, 0.1) is 0 Å². The van der Waals surface area contributed by atoms with Gasteiger partial charge in [-0.1, -0.05) is 0 Å². The molecular weight excluding hydrogens is 432 g/mol. The molecule has 0 radical (unpaired) electrons. The number of fused-ring (bicyclic) bond motifs is 1. The average Bonchev–Trinajstić information content (AvgIpc) is 2.84. The van der Waals surface area contributed by atoms with E-state index in [0.29, 0.717) is 0 Å². The van der Waals surface area contributed by atoms with Crippen molar-refractivity contribution in [1.82, 2.24) is 0 Å². The van der Waals surface area contributed by atoms with E-state index in [-0.39, 0.29) is 0 Å². The van der Waals surface area contributed by atoms with Gasteiger partial charge in [-0.15, -0.1) is 0 Å². The van der Waals surface area contributed by atoms with Crippen LogP contribution in [-0.2, 0) is 57.1 Å². The smallest absolute Gasteiger partial charge is 0.264 e. The van der Waals surface area contributed by atoms with Gasteiger partial charge in [-0.2, -0.15) is 25.3 Å². The molecule has 2 heterocycles. The van der Waals surface area contributed by atoms with Crippen molar-refractivity contribution in [3.05, 3.63) is 0 Å². The summed E-state index contributed by atoms with van der Waals surface area (Å²) >= 11 is 0. The molecule has 27 heavy (non-hydrogen) atoms. The van der Waals surface area contributed by atoms with E-state index in [4.69, 9.17) is 22.6 Å². The minimum atomic E-state index is -4.08. The molecule has 0 aromatic heterocycles. The Labute approximate surface area is 158 Å². The fraction of sp³-hybridized carbons (Fsp3) is 1.00. The summed E-state index contributed by atoms with van der Waals surface area (Å²) in [6, 6.07) is 0. The van der Waals surface area contributed by atoms with Crippen molar-refractivity contribution < 1.29 is 52.0 Å². The fourth-order valence-electron chi connectivity index (χ4n) is 2.71. The Kier molecular flexibility index (Phi) is 6.32. The Bertz CT molecular complexity index is 859. The van der Waals surface area contributed by atoms with Crippen LogP contribution in [0.5, 0.6) is 0 Å². The fourth-order valence-corrected chi connectivity index (χ4v) is 4.33. The molecule has 3 unspecified atom stereocenters. The van der Waals surface area contributed by atoms with E-state index in [1.165, 1.54) is 0 Å². The van der Waals surface area contributed by atoms with Gasteiger partial charge in [-0.25, -0.2) is 0 Å². The molecule has 5 atom stereocenters. The van der Waals surface area contributed by atoms with Crippen molar-refractivity contribution in [3.63, 3.8) is 0 Å². The third kappa shape index (κ3) is 6.86. The van der Waals surface area contributed by atoms with Gasteiger partial charge in [0.1, 0.15) is 24.4 Å². The maximum absolute atomic E-state index is 11.6. The summed E-state index contributed by atoms with van der Waals surface area (Å²) in [5, 5.41) is 0. The van der Waals surface area contributed by atoms with Crippen molar-refractivity contribution in [2.24, 2.45) is 0 Å². The predicted molar refractivity (Wildman–Crippen MR) is 88.9 cm³/mol. The minimum Gasteiger partial charge on any atom is -0.341 e. The van der Waals surface area contributed by atoms with Gasteiger partial charge >= 0.3 is 0 Å². The number of ether oxygens (including phenoxy) is 3. The lowest BCUT2D eigenvalue weighted by molar-refractivity contribution is -0.222. The van der Waals surface area contributed by atoms with E-state index in [9.17, 15) is 25.3 Å². The minimum absolute atomic E-state index is 0.735. The Morgan fingerprint density at radius 1 is 0.926 bits per heavy atom. The summed E-state index contributed by atoms with van der Waals surface area (Å²) < 4.78 is 100. The van der Waals surface area contributed by atoms with Gasteiger partial charge in [0.15, 0.2) is 12.1 Å². The molecular formula is C12H22O12S3. The summed E-state index contributed by atoms with van der Waals surface area (Å²) in [6.45, 7) is 2.37. The van der Waals surface area contributed by atoms with Crippen LogP contribution in [0.1, 0.15) is 13.8 Å². The lowest BCUT2D eigenvalue weighted by Gasteiger charge is -2.29.